The van der Waals surface area contributed by atoms with Crippen LogP contribution in [0.25, 0.3) is 10.2 Å². The van der Waals surface area contributed by atoms with Crippen LogP contribution in [0, 0.1) is 5.92 Å². The third-order valence-corrected chi connectivity index (χ3v) is 5.84. The number of hydrogen-bond donors (Lipinski definition) is 1. The lowest BCUT2D eigenvalue weighted by atomic mass is 9.94. The van der Waals surface area contributed by atoms with Crippen LogP contribution in [-0.2, 0) is 17.8 Å². The van der Waals surface area contributed by atoms with Crippen molar-refractivity contribution in [3.05, 3.63) is 10.4 Å². The van der Waals surface area contributed by atoms with Gasteiger partial charge in [0.25, 0.3) is 0 Å². The zero-order valence-corrected chi connectivity index (χ0v) is 15.2. The molecule has 1 aliphatic rings. The van der Waals surface area contributed by atoms with Crippen LogP contribution in [0.3, 0.4) is 0 Å². The first-order chi connectivity index (χ1) is 10.4. The molecule has 0 amide bonds. The molecular weight excluding hydrogens is 314 g/mol. The van der Waals surface area contributed by atoms with E-state index in [1.807, 2.05) is 0 Å². The van der Waals surface area contributed by atoms with Gasteiger partial charge >= 0.3 is 0 Å². The van der Waals surface area contributed by atoms with Gasteiger partial charge in [0.2, 0.25) is 0 Å². The largest absolute Gasteiger partial charge is 0.383 e. The number of nitrogens with two attached hydrogens (primary N) is 1. The Morgan fingerprint density at radius 2 is 2.14 bits per heavy atom. The van der Waals surface area contributed by atoms with E-state index in [-0.39, 0.29) is 5.60 Å². The second-order valence-corrected chi connectivity index (χ2v) is 8.98. The molecule has 0 unspecified atom stereocenters. The molecule has 0 aromatic carbocycles. The Morgan fingerprint density at radius 3 is 2.86 bits per heavy atom. The van der Waals surface area contributed by atoms with Gasteiger partial charge in [-0.05, 0) is 31.7 Å². The van der Waals surface area contributed by atoms with Gasteiger partial charge in [0.05, 0.1) is 17.6 Å². The van der Waals surface area contributed by atoms with E-state index in [1.165, 1.54) is 10.4 Å². The molecule has 0 saturated heterocycles. The number of rotatable bonds is 4. The zero-order chi connectivity index (χ0) is 15.9. The summed E-state index contributed by atoms with van der Waals surface area (Å²) in [6, 6.07) is 0. The van der Waals surface area contributed by atoms with Gasteiger partial charge in [-0.1, -0.05) is 25.6 Å². The number of anilines is 1. The fraction of sp³-hybridized carbons (Fsp3) is 0.625. The second kappa shape index (κ2) is 5.98. The second-order valence-electron chi connectivity index (χ2n) is 6.83. The molecule has 2 aromatic heterocycles. The summed E-state index contributed by atoms with van der Waals surface area (Å²) < 4.78 is 5.90. The highest BCUT2D eigenvalue weighted by Gasteiger charge is 2.30. The molecule has 2 N–H and O–H groups in total. The first kappa shape index (κ1) is 16.0. The average molecular weight is 338 g/mol. The van der Waals surface area contributed by atoms with Gasteiger partial charge in [-0.15, -0.1) is 11.3 Å². The fourth-order valence-electron chi connectivity index (χ4n) is 2.60. The van der Waals surface area contributed by atoms with Gasteiger partial charge in [-0.3, -0.25) is 0 Å². The monoisotopic (exact) mass is 337 g/mol. The number of thioether (sulfide) groups is 1. The highest BCUT2D eigenvalue weighted by molar-refractivity contribution is 7.99. The van der Waals surface area contributed by atoms with Crippen molar-refractivity contribution in [2.24, 2.45) is 5.92 Å². The Kier molecular flexibility index (Phi) is 4.36. The Morgan fingerprint density at radius 1 is 1.36 bits per heavy atom. The summed E-state index contributed by atoms with van der Waals surface area (Å²) in [4.78, 5) is 11.5. The molecule has 0 atom stereocenters. The predicted molar refractivity (Wildman–Crippen MR) is 94.6 cm³/mol. The quantitative estimate of drug-likeness (QED) is 0.667. The van der Waals surface area contributed by atoms with Gasteiger partial charge in [0.15, 0.2) is 5.16 Å². The number of thiophene rings is 1. The molecule has 2 aromatic rings. The normalized spacial score (nSPS) is 17.1. The SMILES string of the molecule is CC(C)CCSc1nc(N)c2c3c(sc2n1)COC(C)(C)C3. The minimum absolute atomic E-state index is 0.141. The van der Waals surface area contributed by atoms with Gasteiger partial charge in [0, 0.05) is 17.1 Å². The van der Waals surface area contributed by atoms with Gasteiger partial charge < -0.3 is 10.5 Å². The molecule has 0 aliphatic carbocycles. The Balaban J connectivity index is 1.92. The maximum Gasteiger partial charge on any atom is 0.190 e. The molecule has 22 heavy (non-hydrogen) atoms. The van der Waals surface area contributed by atoms with Gasteiger partial charge in [-0.2, -0.15) is 0 Å². The Hall–Kier alpha value is -0.850. The van der Waals surface area contributed by atoms with Crippen molar-refractivity contribution < 1.29 is 4.74 Å². The number of aromatic nitrogens is 2. The first-order valence-corrected chi connectivity index (χ1v) is 9.50. The maximum absolute atomic E-state index is 6.25. The van der Waals surface area contributed by atoms with Crippen molar-refractivity contribution in [1.29, 1.82) is 0 Å². The van der Waals surface area contributed by atoms with Crippen LogP contribution in [0.15, 0.2) is 5.16 Å². The van der Waals surface area contributed by atoms with Crippen LogP contribution < -0.4 is 5.73 Å². The number of nitrogens with zero attached hydrogens (tertiary/aromatic N) is 2. The van der Waals surface area contributed by atoms with E-state index in [0.29, 0.717) is 18.3 Å². The van der Waals surface area contributed by atoms with Crippen LogP contribution in [0.4, 0.5) is 5.82 Å². The lowest BCUT2D eigenvalue weighted by Gasteiger charge is -2.30. The summed E-state index contributed by atoms with van der Waals surface area (Å²) in [5, 5.41) is 1.84. The van der Waals surface area contributed by atoms with E-state index in [4.69, 9.17) is 15.5 Å². The Bertz CT molecular complexity index is 694. The van der Waals surface area contributed by atoms with Crippen LogP contribution in [0.5, 0.6) is 0 Å². The average Bonchev–Trinajstić information content (AvgIpc) is 2.75. The summed E-state index contributed by atoms with van der Waals surface area (Å²) in [5.41, 5.74) is 7.39. The molecule has 3 rings (SSSR count). The third-order valence-electron chi connectivity index (χ3n) is 3.86. The fourth-order valence-corrected chi connectivity index (χ4v) is 4.86. The molecular formula is C16H23N3OS2. The highest BCUT2D eigenvalue weighted by atomic mass is 32.2. The highest BCUT2D eigenvalue weighted by Crippen LogP contribution is 2.40. The minimum Gasteiger partial charge on any atom is -0.383 e. The van der Waals surface area contributed by atoms with Gasteiger partial charge in [-0.25, -0.2) is 9.97 Å². The van der Waals surface area contributed by atoms with Crippen LogP contribution >= 0.6 is 23.1 Å². The van der Waals surface area contributed by atoms with E-state index in [9.17, 15) is 0 Å². The topological polar surface area (TPSA) is 61.0 Å². The van der Waals surface area contributed by atoms with E-state index in [1.54, 1.807) is 23.1 Å². The third kappa shape index (κ3) is 3.24. The van der Waals surface area contributed by atoms with E-state index in [0.717, 1.165) is 34.0 Å². The molecule has 6 heteroatoms. The van der Waals surface area contributed by atoms with E-state index < -0.39 is 0 Å². The summed E-state index contributed by atoms with van der Waals surface area (Å²) >= 11 is 3.40. The Labute approximate surface area is 139 Å². The lowest BCUT2D eigenvalue weighted by Crippen LogP contribution is -2.31. The van der Waals surface area contributed by atoms with Crippen molar-refractivity contribution in [2.45, 2.75) is 57.9 Å². The minimum atomic E-state index is -0.141. The van der Waals surface area contributed by atoms with Crippen molar-refractivity contribution in [2.75, 3.05) is 11.5 Å². The van der Waals surface area contributed by atoms with Crippen LogP contribution in [0.2, 0.25) is 0 Å². The molecule has 0 spiro atoms. The first-order valence-electron chi connectivity index (χ1n) is 7.70. The molecule has 1 aliphatic heterocycles. The van der Waals surface area contributed by atoms with Crippen LogP contribution in [0.1, 0.15) is 44.6 Å². The van der Waals surface area contributed by atoms with Gasteiger partial charge in [0.1, 0.15) is 10.6 Å². The summed E-state index contributed by atoms with van der Waals surface area (Å²) in [5.74, 6) is 2.35. The smallest absolute Gasteiger partial charge is 0.190 e. The summed E-state index contributed by atoms with van der Waals surface area (Å²) in [6.45, 7) is 9.35. The number of fused-ring (bicyclic) bond motifs is 3. The lowest BCUT2D eigenvalue weighted by molar-refractivity contribution is -0.0379. The number of ether oxygens (including phenoxy) is 1. The number of nitrogen functional groups attached to an aromatic ring is 1. The van der Waals surface area contributed by atoms with Crippen molar-refractivity contribution in [3.63, 3.8) is 0 Å². The van der Waals surface area contributed by atoms with Crippen molar-refractivity contribution in [1.82, 2.24) is 9.97 Å². The molecule has 0 fully saturated rings. The predicted octanol–water partition coefficient (Wildman–Crippen LogP) is 4.26. The molecule has 0 radical (unpaired) electrons. The molecule has 0 saturated carbocycles. The summed E-state index contributed by atoms with van der Waals surface area (Å²) in [6.07, 6.45) is 2.03. The van der Waals surface area contributed by atoms with E-state index in [2.05, 4.69) is 32.7 Å². The molecule has 120 valence electrons. The standard InChI is InChI=1S/C16H23N3OS2/c1-9(2)5-6-21-15-18-13(17)12-10-7-16(3,4)20-8-11(10)22-14(12)19-15/h9H,5-8H2,1-4H3,(H2,17,18,19). The van der Waals surface area contributed by atoms with E-state index >= 15 is 0 Å². The molecule has 4 nitrogen and oxygen atoms in total. The zero-order valence-electron chi connectivity index (χ0n) is 13.6. The van der Waals surface area contributed by atoms with Crippen molar-refractivity contribution >= 4 is 39.1 Å². The molecule has 0 bridgehead atoms. The van der Waals surface area contributed by atoms with Crippen molar-refractivity contribution in [3.8, 4) is 0 Å². The maximum atomic E-state index is 6.25. The summed E-state index contributed by atoms with van der Waals surface area (Å²) in [7, 11) is 0. The van der Waals surface area contributed by atoms with Crippen LogP contribution in [-0.4, -0.2) is 21.3 Å². The molecule has 3 heterocycles. The number of hydrogen-bond acceptors (Lipinski definition) is 6.